The topological polar surface area (TPSA) is 81.1 Å². The Kier molecular flexibility index (Phi) is 9.30. The molecule has 0 atom stereocenters. The minimum Gasteiger partial charge on any atom is -0.354 e. The van der Waals surface area contributed by atoms with Crippen LogP contribution in [-0.2, 0) is 4.18 Å². The van der Waals surface area contributed by atoms with Crippen LogP contribution in [0.4, 0.5) is 8.78 Å². The molecule has 0 aliphatic heterocycles. The summed E-state index contributed by atoms with van der Waals surface area (Å²) in [6.07, 6.45) is 11.0. The van der Waals surface area contributed by atoms with Gasteiger partial charge in [-0.3, -0.25) is 15.1 Å². The van der Waals surface area contributed by atoms with Crippen molar-refractivity contribution >= 4 is 17.6 Å². The summed E-state index contributed by atoms with van der Waals surface area (Å²) < 4.78 is 32.8. The highest BCUT2D eigenvalue weighted by molar-refractivity contribution is 7.94. The number of nitrogens with zero attached hydrogens (tertiary/aromatic N) is 2. The largest absolute Gasteiger partial charge is 0.354 e. The van der Waals surface area contributed by atoms with Crippen LogP contribution in [-0.4, -0.2) is 33.8 Å². The zero-order chi connectivity index (χ0) is 24.3. The van der Waals surface area contributed by atoms with Gasteiger partial charge in [0.2, 0.25) is 6.54 Å². The van der Waals surface area contributed by atoms with Crippen molar-refractivity contribution in [1.29, 1.82) is 0 Å². The van der Waals surface area contributed by atoms with Crippen LogP contribution in [0, 0.1) is 21.7 Å². The lowest BCUT2D eigenvalue weighted by atomic mass is 10.0. The number of benzene rings is 1. The highest BCUT2D eigenvalue weighted by Gasteiger charge is 2.15. The molecule has 1 N–H and O–H groups in total. The molecular weight excluding hydrogens is 460 g/mol. The number of hydrogen-bond donors (Lipinski definition) is 1. The predicted octanol–water partition coefficient (Wildman–Crippen LogP) is 6.48. The molecule has 0 saturated heterocycles. The molecule has 3 aromatic rings. The summed E-state index contributed by atoms with van der Waals surface area (Å²) in [4.78, 5) is 17.3. The molecule has 0 fully saturated rings. The summed E-state index contributed by atoms with van der Waals surface area (Å²) in [6.45, 7) is 3.96. The van der Waals surface area contributed by atoms with Gasteiger partial charge in [0.15, 0.2) is 11.6 Å². The standard InChI is InChI=1S/C25H23F2N3O3S/c1-2-5-19(6-3-15-34-33-14-4-13-30(31)32)24-17-21(18-9-11-28-12-10-18)25(29-24)20-7-8-22(26)23(27)16-20/h2-3,5-12,16-17,29H,1,4,13-15H2/b6-3-,19-5+. The Hall–Kier alpha value is -3.56. The van der Waals surface area contributed by atoms with Crippen molar-refractivity contribution in [1.82, 2.24) is 9.97 Å². The van der Waals surface area contributed by atoms with Gasteiger partial charge in [0, 0.05) is 46.3 Å². The molecule has 34 heavy (non-hydrogen) atoms. The first-order valence-electron chi connectivity index (χ1n) is 10.4. The van der Waals surface area contributed by atoms with E-state index in [2.05, 4.69) is 16.5 Å². The fourth-order valence-electron chi connectivity index (χ4n) is 3.18. The van der Waals surface area contributed by atoms with Gasteiger partial charge in [-0.1, -0.05) is 30.9 Å². The zero-order valence-corrected chi connectivity index (χ0v) is 19.1. The number of rotatable bonds is 12. The van der Waals surface area contributed by atoms with Gasteiger partial charge in [-0.05, 0) is 59.6 Å². The molecule has 6 nitrogen and oxygen atoms in total. The fraction of sp³-hybridized carbons (Fsp3) is 0.160. The van der Waals surface area contributed by atoms with E-state index in [0.29, 0.717) is 30.0 Å². The number of nitrogens with one attached hydrogen (secondary N) is 1. The molecule has 0 saturated carbocycles. The SMILES string of the molecule is C=C/C=C(\C=C/CSOCCC[N+](=O)[O-])c1cc(-c2ccncc2)c(-c2ccc(F)c(F)c2)[nH]1. The first-order valence-corrected chi connectivity index (χ1v) is 11.4. The van der Waals surface area contributed by atoms with Crippen LogP contribution in [0.5, 0.6) is 0 Å². The van der Waals surface area contributed by atoms with Crippen molar-refractivity contribution in [3.63, 3.8) is 0 Å². The number of aromatic nitrogens is 2. The molecule has 0 aliphatic carbocycles. The molecule has 0 unspecified atom stereocenters. The Morgan fingerprint density at radius 2 is 1.97 bits per heavy atom. The van der Waals surface area contributed by atoms with Crippen molar-refractivity contribution in [2.75, 3.05) is 18.9 Å². The van der Waals surface area contributed by atoms with E-state index in [9.17, 15) is 18.9 Å². The normalized spacial score (nSPS) is 11.8. The van der Waals surface area contributed by atoms with Gasteiger partial charge in [0.05, 0.1) is 12.3 Å². The van der Waals surface area contributed by atoms with E-state index in [1.807, 2.05) is 36.4 Å². The van der Waals surface area contributed by atoms with Crippen LogP contribution in [0.2, 0.25) is 0 Å². The summed E-state index contributed by atoms with van der Waals surface area (Å²) in [6, 6.07) is 9.41. The first kappa shape index (κ1) is 25.1. The van der Waals surface area contributed by atoms with Gasteiger partial charge >= 0.3 is 0 Å². The van der Waals surface area contributed by atoms with E-state index in [0.717, 1.165) is 34.5 Å². The highest BCUT2D eigenvalue weighted by atomic mass is 32.2. The van der Waals surface area contributed by atoms with Crippen molar-refractivity contribution < 1.29 is 17.9 Å². The predicted molar refractivity (Wildman–Crippen MR) is 132 cm³/mol. The number of nitro groups is 1. The molecule has 0 radical (unpaired) electrons. The van der Waals surface area contributed by atoms with E-state index in [-0.39, 0.29) is 11.5 Å². The van der Waals surface area contributed by atoms with Crippen molar-refractivity contribution in [2.45, 2.75) is 6.42 Å². The Morgan fingerprint density at radius 3 is 2.68 bits per heavy atom. The molecule has 9 heteroatoms. The maximum Gasteiger partial charge on any atom is 0.206 e. The molecule has 2 aromatic heterocycles. The van der Waals surface area contributed by atoms with Crippen molar-refractivity contribution in [2.24, 2.45) is 0 Å². The zero-order valence-electron chi connectivity index (χ0n) is 18.2. The quantitative estimate of drug-likeness (QED) is 0.105. The average Bonchev–Trinajstić information content (AvgIpc) is 3.27. The molecule has 176 valence electrons. The third kappa shape index (κ3) is 6.97. The molecule has 2 heterocycles. The molecule has 1 aromatic carbocycles. The van der Waals surface area contributed by atoms with Crippen molar-refractivity contribution in [3.8, 4) is 22.4 Å². The number of pyridine rings is 1. The van der Waals surface area contributed by atoms with Gasteiger partial charge in [-0.25, -0.2) is 8.78 Å². The van der Waals surface area contributed by atoms with Crippen LogP contribution in [0.25, 0.3) is 28.0 Å². The number of halogens is 2. The van der Waals surface area contributed by atoms with E-state index in [1.54, 1.807) is 18.5 Å². The minimum absolute atomic E-state index is 0.116. The Morgan fingerprint density at radius 1 is 1.18 bits per heavy atom. The number of hydrogen-bond acceptors (Lipinski definition) is 5. The maximum atomic E-state index is 14.0. The molecular formula is C25H23F2N3O3S. The van der Waals surface area contributed by atoms with E-state index >= 15 is 0 Å². The summed E-state index contributed by atoms with van der Waals surface area (Å²) in [5, 5.41) is 10.3. The summed E-state index contributed by atoms with van der Waals surface area (Å²) in [7, 11) is 0. The number of H-pyrrole nitrogens is 1. The molecule has 0 amide bonds. The Balaban J connectivity index is 1.83. The smallest absolute Gasteiger partial charge is 0.206 e. The highest BCUT2D eigenvalue weighted by Crippen LogP contribution is 2.35. The molecule has 0 spiro atoms. The molecule has 3 rings (SSSR count). The third-order valence-electron chi connectivity index (χ3n) is 4.74. The van der Waals surface area contributed by atoms with E-state index in [1.165, 1.54) is 18.1 Å². The lowest BCUT2D eigenvalue weighted by Gasteiger charge is -2.05. The lowest BCUT2D eigenvalue weighted by Crippen LogP contribution is -2.03. The van der Waals surface area contributed by atoms with Crippen LogP contribution in [0.15, 0.2) is 79.7 Å². The molecule has 0 bridgehead atoms. The van der Waals surface area contributed by atoms with Crippen LogP contribution in [0.3, 0.4) is 0 Å². The molecule has 0 aliphatic rings. The second-order valence-corrected chi connectivity index (χ2v) is 7.92. The summed E-state index contributed by atoms with van der Waals surface area (Å²) in [5.74, 6) is -1.29. The van der Waals surface area contributed by atoms with Gasteiger partial charge in [0.1, 0.15) is 0 Å². The van der Waals surface area contributed by atoms with E-state index < -0.39 is 11.6 Å². The first-order chi connectivity index (χ1) is 16.5. The monoisotopic (exact) mass is 483 g/mol. The second kappa shape index (κ2) is 12.6. The van der Waals surface area contributed by atoms with Gasteiger partial charge < -0.3 is 9.17 Å². The van der Waals surface area contributed by atoms with E-state index in [4.69, 9.17) is 4.18 Å². The van der Waals surface area contributed by atoms with Crippen LogP contribution in [0.1, 0.15) is 12.1 Å². The Labute approximate surface area is 200 Å². The van der Waals surface area contributed by atoms with Crippen LogP contribution < -0.4 is 0 Å². The van der Waals surface area contributed by atoms with Gasteiger partial charge in [-0.15, -0.1) is 0 Å². The third-order valence-corrected chi connectivity index (χ3v) is 5.40. The fourth-order valence-corrected chi connectivity index (χ4v) is 3.69. The maximum absolute atomic E-state index is 14.0. The van der Waals surface area contributed by atoms with Crippen LogP contribution >= 0.6 is 12.0 Å². The number of allylic oxidation sites excluding steroid dienone is 4. The van der Waals surface area contributed by atoms with Crippen molar-refractivity contribution in [3.05, 3.63) is 107 Å². The van der Waals surface area contributed by atoms with Gasteiger partial charge in [-0.2, -0.15) is 0 Å². The number of aromatic amines is 1. The Bertz CT molecular complexity index is 1190. The summed E-state index contributed by atoms with van der Waals surface area (Å²) in [5.41, 5.74) is 4.44. The lowest BCUT2D eigenvalue weighted by molar-refractivity contribution is -0.480. The second-order valence-electron chi connectivity index (χ2n) is 7.11. The minimum atomic E-state index is -0.925. The summed E-state index contributed by atoms with van der Waals surface area (Å²) >= 11 is 1.21. The average molecular weight is 484 g/mol. The van der Waals surface area contributed by atoms with Gasteiger partial charge in [0.25, 0.3) is 0 Å².